The van der Waals surface area contributed by atoms with Crippen LogP contribution in [0.3, 0.4) is 0 Å². The van der Waals surface area contributed by atoms with Crippen molar-refractivity contribution in [1.82, 2.24) is 9.62 Å². The number of carbonyl (C=O) groups excluding carboxylic acids is 1. The summed E-state index contributed by atoms with van der Waals surface area (Å²) < 4.78 is 28.2. The largest absolute Gasteiger partial charge is 0.339 e. The predicted molar refractivity (Wildman–Crippen MR) is 118 cm³/mol. The highest BCUT2D eigenvalue weighted by atomic mass is 35.5. The molecule has 1 amide bonds. The van der Waals surface area contributed by atoms with Gasteiger partial charge in [-0.25, -0.2) is 13.1 Å². The smallest absolute Gasteiger partial charge is 0.255 e. The van der Waals surface area contributed by atoms with Gasteiger partial charge in [-0.2, -0.15) is 0 Å². The maximum Gasteiger partial charge on any atom is 0.255 e. The van der Waals surface area contributed by atoms with Gasteiger partial charge in [0.1, 0.15) is 0 Å². The highest BCUT2D eigenvalue weighted by Crippen LogP contribution is 2.26. The molecular weight excluding hydrogens is 428 g/mol. The molecule has 5 nitrogen and oxygen atoms in total. The van der Waals surface area contributed by atoms with E-state index >= 15 is 0 Å². The fraction of sp³-hybridized carbons (Fsp3) is 0.381. The first kappa shape index (κ1) is 22.2. The van der Waals surface area contributed by atoms with E-state index in [2.05, 4.69) is 4.72 Å². The minimum atomic E-state index is -3.75. The molecule has 1 saturated heterocycles. The summed E-state index contributed by atoms with van der Waals surface area (Å²) in [7, 11) is -3.75. The van der Waals surface area contributed by atoms with Crippen LogP contribution in [0.4, 0.5) is 0 Å². The first-order chi connectivity index (χ1) is 13.9. The van der Waals surface area contributed by atoms with Gasteiger partial charge in [-0.05, 0) is 55.0 Å². The molecule has 0 atom stereocenters. The molecule has 0 spiro atoms. The van der Waals surface area contributed by atoms with E-state index in [0.717, 1.165) is 49.2 Å². The molecular formula is C21H25ClN2O3S2. The maximum atomic E-state index is 13.1. The van der Waals surface area contributed by atoms with Crippen molar-refractivity contribution in [3.63, 3.8) is 0 Å². The Morgan fingerprint density at radius 2 is 1.72 bits per heavy atom. The molecule has 1 fully saturated rings. The Labute approximate surface area is 181 Å². The van der Waals surface area contributed by atoms with Gasteiger partial charge in [0, 0.05) is 29.6 Å². The lowest BCUT2D eigenvalue weighted by Crippen LogP contribution is -2.32. The lowest BCUT2D eigenvalue weighted by atomic mass is 10.2. The molecule has 1 N–H and O–H groups in total. The molecule has 29 heavy (non-hydrogen) atoms. The summed E-state index contributed by atoms with van der Waals surface area (Å²) in [5.41, 5.74) is 1.26. The van der Waals surface area contributed by atoms with E-state index in [1.54, 1.807) is 36.4 Å². The van der Waals surface area contributed by atoms with Gasteiger partial charge in [0.25, 0.3) is 5.91 Å². The number of nitrogens with one attached hydrogen (secondary N) is 1. The number of carbonyl (C=O) groups is 1. The molecule has 1 heterocycles. The van der Waals surface area contributed by atoms with Crippen molar-refractivity contribution in [2.75, 3.05) is 19.3 Å². The van der Waals surface area contributed by atoms with Crippen molar-refractivity contribution in [2.24, 2.45) is 0 Å². The summed E-state index contributed by atoms with van der Waals surface area (Å²) in [5, 5.41) is 0.598. The molecule has 8 heteroatoms. The Balaban J connectivity index is 1.82. The fourth-order valence-corrected chi connectivity index (χ4v) is 5.07. The van der Waals surface area contributed by atoms with Crippen LogP contribution in [-0.4, -0.2) is 38.6 Å². The first-order valence-electron chi connectivity index (χ1n) is 9.62. The quantitative estimate of drug-likeness (QED) is 0.652. The highest BCUT2D eigenvalue weighted by Gasteiger charge is 2.23. The Hall–Kier alpha value is -1.54. The standard InChI is InChI=1S/C21H25ClN2O3S2/c1-28-20-11-10-18(14-19(20)21(25)24-12-4-2-3-5-13-24)29(26,27)23-15-16-6-8-17(22)9-7-16/h6-11,14,23H,2-5,12-13,15H2,1H3. The molecule has 2 aromatic rings. The van der Waals surface area contributed by atoms with Crippen LogP contribution >= 0.6 is 23.4 Å². The Bertz CT molecular complexity index is 954. The Morgan fingerprint density at radius 3 is 2.34 bits per heavy atom. The average Bonchev–Trinajstić information content (AvgIpc) is 3.02. The summed E-state index contributed by atoms with van der Waals surface area (Å²) in [6.07, 6.45) is 6.12. The summed E-state index contributed by atoms with van der Waals surface area (Å²) in [4.78, 5) is 15.8. The number of likely N-dealkylation sites (tertiary alicyclic amines) is 1. The number of hydrogen-bond donors (Lipinski definition) is 1. The zero-order valence-electron chi connectivity index (χ0n) is 16.4. The third-order valence-electron chi connectivity index (χ3n) is 4.98. The third-order valence-corrected chi connectivity index (χ3v) is 7.43. The Kier molecular flexibility index (Phi) is 7.62. The van der Waals surface area contributed by atoms with Crippen LogP contribution in [0.25, 0.3) is 0 Å². The van der Waals surface area contributed by atoms with E-state index in [0.29, 0.717) is 10.6 Å². The predicted octanol–water partition coefficient (Wildman–Crippen LogP) is 4.56. The second-order valence-corrected chi connectivity index (χ2v) is 10.1. The number of benzene rings is 2. The van der Waals surface area contributed by atoms with E-state index < -0.39 is 10.0 Å². The van der Waals surface area contributed by atoms with E-state index in [-0.39, 0.29) is 17.3 Å². The van der Waals surface area contributed by atoms with E-state index in [4.69, 9.17) is 11.6 Å². The fourth-order valence-electron chi connectivity index (χ4n) is 3.33. The maximum absolute atomic E-state index is 13.1. The number of halogens is 1. The topological polar surface area (TPSA) is 66.5 Å². The monoisotopic (exact) mass is 452 g/mol. The first-order valence-corrected chi connectivity index (χ1v) is 12.7. The average molecular weight is 453 g/mol. The van der Waals surface area contributed by atoms with Crippen LogP contribution in [0.2, 0.25) is 5.02 Å². The molecule has 0 aromatic heterocycles. The van der Waals surface area contributed by atoms with Crippen LogP contribution in [0.5, 0.6) is 0 Å². The lowest BCUT2D eigenvalue weighted by molar-refractivity contribution is 0.0758. The van der Waals surface area contributed by atoms with Gasteiger partial charge >= 0.3 is 0 Å². The molecule has 0 radical (unpaired) electrons. The minimum absolute atomic E-state index is 0.0917. The summed E-state index contributed by atoms with van der Waals surface area (Å²) in [5.74, 6) is -0.0917. The van der Waals surface area contributed by atoms with Gasteiger partial charge in [0.05, 0.1) is 10.5 Å². The van der Waals surface area contributed by atoms with Gasteiger partial charge in [-0.3, -0.25) is 4.79 Å². The molecule has 3 rings (SSSR count). The molecule has 0 saturated carbocycles. The molecule has 0 aliphatic carbocycles. The van der Waals surface area contributed by atoms with Crippen molar-refractivity contribution in [3.8, 4) is 0 Å². The van der Waals surface area contributed by atoms with E-state index in [9.17, 15) is 13.2 Å². The van der Waals surface area contributed by atoms with Crippen molar-refractivity contribution < 1.29 is 13.2 Å². The lowest BCUT2D eigenvalue weighted by Gasteiger charge is -2.22. The number of amides is 1. The van der Waals surface area contributed by atoms with Crippen LogP contribution in [0.15, 0.2) is 52.3 Å². The van der Waals surface area contributed by atoms with Gasteiger partial charge in [0.15, 0.2) is 0 Å². The normalized spacial score (nSPS) is 15.2. The van der Waals surface area contributed by atoms with Crippen LogP contribution in [-0.2, 0) is 16.6 Å². The summed E-state index contributed by atoms with van der Waals surface area (Å²) >= 11 is 7.32. The van der Waals surface area contributed by atoms with Crippen molar-refractivity contribution in [3.05, 3.63) is 58.6 Å². The van der Waals surface area contributed by atoms with Crippen molar-refractivity contribution >= 4 is 39.3 Å². The van der Waals surface area contributed by atoms with Crippen molar-refractivity contribution in [1.29, 1.82) is 0 Å². The SMILES string of the molecule is CSc1ccc(S(=O)(=O)NCc2ccc(Cl)cc2)cc1C(=O)N1CCCCCC1. The van der Waals surface area contributed by atoms with Gasteiger partial charge in [-0.15, -0.1) is 11.8 Å². The summed E-state index contributed by atoms with van der Waals surface area (Å²) in [6, 6.07) is 11.8. The zero-order valence-corrected chi connectivity index (χ0v) is 18.7. The molecule has 0 bridgehead atoms. The minimum Gasteiger partial charge on any atom is -0.339 e. The molecule has 0 unspecified atom stereocenters. The second-order valence-electron chi connectivity index (χ2n) is 7.02. The van der Waals surface area contributed by atoms with Crippen LogP contribution in [0.1, 0.15) is 41.6 Å². The molecule has 1 aliphatic rings. The summed E-state index contributed by atoms with van der Waals surface area (Å²) in [6.45, 7) is 1.59. The van der Waals surface area contributed by atoms with Crippen LogP contribution in [0, 0.1) is 0 Å². The second kappa shape index (κ2) is 9.98. The number of sulfonamides is 1. The third kappa shape index (κ3) is 5.75. The van der Waals surface area contributed by atoms with Gasteiger partial charge in [-0.1, -0.05) is 36.6 Å². The highest BCUT2D eigenvalue weighted by molar-refractivity contribution is 7.98. The molecule has 156 valence electrons. The van der Waals surface area contributed by atoms with Gasteiger partial charge < -0.3 is 4.90 Å². The van der Waals surface area contributed by atoms with Crippen molar-refractivity contribution in [2.45, 2.75) is 42.0 Å². The van der Waals surface area contributed by atoms with E-state index in [1.807, 2.05) is 11.2 Å². The number of rotatable bonds is 6. The number of hydrogen-bond acceptors (Lipinski definition) is 4. The van der Waals surface area contributed by atoms with E-state index in [1.165, 1.54) is 17.8 Å². The number of nitrogens with zero attached hydrogens (tertiary/aromatic N) is 1. The molecule has 2 aromatic carbocycles. The number of thioether (sulfide) groups is 1. The van der Waals surface area contributed by atoms with Crippen LogP contribution < -0.4 is 4.72 Å². The Morgan fingerprint density at radius 1 is 1.07 bits per heavy atom. The molecule has 1 aliphatic heterocycles. The van der Waals surface area contributed by atoms with Gasteiger partial charge in [0.2, 0.25) is 10.0 Å². The zero-order chi connectivity index (χ0) is 20.9.